The minimum absolute atomic E-state index is 0.430. The van der Waals surface area contributed by atoms with E-state index in [1.165, 1.54) is 0 Å². The Kier molecular flexibility index (Phi) is 3.93. The van der Waals surface area contributed by atoms with Crippen molar-refractivity contribution < 1.29 is 9.47 Å². The minimum atomic E-state index is 0.430. The standard InChI is InChI=1S/C11H17N3O2/c1-15-10-6-13-11(14-7-10)16-8-9-2-4-12-5-3-9/h6-7,9,12H,2-5,8H2,1H3. The molecule has 2 rings (SSSR count). The van der Waals surface area contributed by atoms with E-state index in [0.29, 0.717) is 24.3 Å². The SMILES string of the molecule is COc1cnc(OCC2CCNCC2)nc1. The van der Waals surface area contributed by atoms with Crippen LogP contribution in [0.5, 0.6) is 11.8 Å². The van der Waals surface area contributed by atoms with E-state index < -0.39 is 0 Å². The number of methoxy groups -OCH3 is 1. The van der Waals surface area contributed by atoms with Crippen LogP contribution in [0.25, 0.3) is 0 Å². The molecule has 1 N–H and O–H groups in total. The predicted octanol–water partition coefficient (Wildman–Crippen LogP) is 0.864. The molecular weight excluding hydrogens is 206 g/mol. The van der Waals surface area contributed by atoms with Crippen LogP contribution in [0.4, 0.5) is 0 Å². The van der Waals surface area contributed by atoms with Gasteiger partial charge in [-0.25, -0.2) is 0 Å². The summed E-state index contributed by atoms with van der Waals surface area (Å²) in [6.45, 7) is 2.86. The molecule has 1 aromatic heterocycles. The first kappa shape index (κ1) is 11.1. The van der Waals surface area contributed by atoms with Crippen molar-refractivity contribution in [2.75, 3.05) is 26.8 Å². The van der Waals surface area contributed by atoms with E-state index in [9.17, 15) is 0 Å². The van der Waals surface area contributed by atoms with Crippen LogP contribution in [-0.2, 0) is 0 Å². The van der Waals surface area contributed by atoms with Gasteiger partial charge in [-0.15, -0.1) is 0 Å². The van der Waals surface area contributed by atoms with Gasteiger partial charge in [0.1, 0.15) is 0 Å². The van der Waals surface area contributed by atoms with Gasteiger partial charge in [-0.1, -0.05) is 0 Å². The Labute approximate surface area is 95.2 Å². The fraction of sp³-hybridized carbons (Fsp3) is 0.636. The fourth-order valence-corrected chi connectivity index (χ4v) is 1.73. The van der Waals surface area contributed by atoms with Crippen LogP contribution < -0.4 is 14.8 Å². The second kappa shape index (κ2) is 5.65. The third-order valence-electron chi connectivity index (χ3n) is 2.75. The molecule has 2 heterocycles. The summed E-state index contributed by atoms with van der Waals surface area (Å²) in [4.78, 5) is 8.12. The molecule has 16 heavy (non-hydrogen) atoms. The zero-order valence-electron chi connectivity index (χ0n) is 9.48. The van der Waals surface area contributed by atoms with E-state index in [-0.39, 0.29) is 0 Å². The van der Waals surface area contributed by atoms with Crippen molar-refractivity contribution in [1.82, 2.24) is 15.3 Å². The molecule has 5 heteroatoms. The largest absolute Gasteiger partial charge is 0.494 e. The molecule has 1 saturated heterocycles. The molecule has 5 nitrogen and oxygen atoms in total. The van der Waals surface area contributed by atoms with Gasteiger partial charge < -0.3 is 14.8 Å². The van der Waals surface area contributed by atoms with Crippen molar-refractivity contribution in [3.8, 4) is 11.8 Å². The Bertz CT molecular complexity index is 310. The molecule has 1 aliphatic heterocycles. The lowest BCUT2D eigenvalue weighted by molar-refractivity contribution is 0.201. The highest BCUT2D eigenvalue weighted by atomic mass is 16.5. The van der Waals surface area contributed by atoms with Gasteiger partial charge in [0.2, 0.25) is 0 Å². The average Bonchev–Trinajstić information content (AvgIpc) is 2.38. The van der Waals surface area contributed by atoms with E-state index in [4.69, 9.17) is 9.47 Å². The summed E-state index contributed by atoms with van der Waals surface area (Å²) in [5, 5.41) is 3.32. The Hall–Kier alpha value is -1.36. The van der Waals surface area contributed by atoms with Gasteiger partial charge in [0.05, 0.1) is 26.1 Å². The number of hydrogen-bond acceptors (Lipinski definition) is 5. The quantitative estimate of drug-likeness (QED) is 0.820. The van der Waals surface area contributed by atoms with Crippen LogP contribution >= 0.6 is 0 Å². The number of nitrogens with one attached hydrogen (secondary N) is 1. The summed E-state index contributed by atoms with van der Waals surface area (Å²) in [5.74, 6) is 1.26. The Morgan fingerprint density at radius 3 is 2.62 bits per heavy atom. The summed E-state index contributed by atoms with van der Waals surface area (Å²) in [6, 6.07) is 0.430. The van der Waals surface area contributed by atoms with Gasteiger partial charge in [-0.3, -0.25) is 0 Å². The fourth-order valence-electron chi connectivity index (χ4n) is 1.73. The van der Waals surface area contributed by atoms with Gasteiger partial charge in [0.15, 0.2) is 5.75 Å². The summed E-state index contributed by atoms with van der Waals surface area (Å²) >= 11 is 0. The molecule has 0 aliphatic carbocycles. The van der Waals surface area contributed by atoms with Crippen LogP contribution in [0.1, 0.15) is 12.8 Å². The molecule has 0 bridgehead atoms. The van der Waals surface area contributed by atoms with Crippen molar-refractivity contribution in [3.05, 3.63) is 12.4 Å². The van der Waals surface area contributed by atoms with Crippen molar-refractivity contribution in [1.29, 1.82) is 0 Å². The molecule has 1 aliphatic rings. The third kappa shape index (κ3) is 3.06. The van der Waals surface area contributed by atoms with Gasteiger partial charge in [-0.05, 0) is 31.8 Å². The number of ether oxygens (including phenoxy) is 2. The van der Waals surface area contributed by atoms with Crippen LogP contribution in [-0.4, -0.2) is 36.8 Å². The van der Waals surface area contributed by atoms with E-state index in [0.717, 1.165) is 25.9 Å². The molecule has 88 valence electrons. The van der Waals surface area contributed by atoms with Crippen LogP contribution in [0.3, 0.4) is 0 Å². The number of aromatic nitrogens is 2. The normalized spacial score (nSPS) is 17.1. The molecule has 0 saturated carbocycles. The first-order valence-electron chi connectivity index (χ1n) is 5.58. The predicted molar refractivity (Wildman–Crippen MR) is 59.7 cm³/mol. The van der Waals surface area contributed by atoms with E-state index in [2.05, 4.69) is 15.3 Å². The highest BCUT2D eigenvalue weighted by Gasteiger charge is 2.13. The summed E-state index contributed by atoms with van der Waals surface area (Å²) in [7, 11) is 1.59. The maximum absolute atomic E-state index is 5.54. The molecule has 1 aromatic rings. The Balaban J connectivity index is 1.79. The second-order valence-corrected chi connectivity index (χ2v) is 3.91. The van der Waals surface area contributed by atoms with Crippen molar-refractivity contribution in [2.45, 2.75) is 12.8 Å². The van der Waals surface area contributed by atoms with E-state index in [1.54, 1.807) is 19.5 Å². The summed E-state index contributed by atoms with van der Waals surface area (Å²) in [6.07, 6.45) is 5.56. The zero-order chi connectivity index (χ0) is 11.2. The Morgan fingerprint density at radius 1 is 1.31 bits per heavy atom. The monoisotopic (exact) mass is 223 g/mol. The summed E-state index contributed by atoms with van der Waals surface area (Å²) < 4.78 is 10.5. The maximum atomic E-state index is 5.54. The highest BCUT2D eigenvalue weighted by molar-refractivity contribution is 5.13. The minimum Gasteiger partial charge on any atom is -0.494 e. The molecule has 0 spiro atoms. The molecule has 0 atom stereocenters. The topological polar surface area (TPSA) is 56.3 Å². The van der Waals surface area contributed by atoms with Gasteiger partial charge in [0, 0.05) is 0 Å². The van der Waals surface area contributed by atoms with Crippen LogP contribution in [0, 0.1) is 5.92 Å². The van der Waals surface area contributed by atoms with Crippen LogP contribution in [0.15, 0.2) is 12.4 Å². The molecular formula is C11H17N3O2. The number of hydrogen-bond donors (Lipinski definition) is 1. The number of piperidine rings is 1. The first-order valence-corrected chi connectivity index (χ1v) is 5.58. The second-order valence-electron chi connectivity index (χ2n) is 3.91. The van der Waals surface area contributed by atoms with Crippen LogP contribution in [0.2, 0.25) is 0 Å². The highest BCUT2D eigenvalue weighted by Crippen LogP contribution is 2.14. The van der Waals surface area contributed by atoms with E-state index in [1.807, 2.05) is 0 Å². The van der Waals surface area contributed by atoms with Crippen molar-refractivity contribution in [2.24, 2.45) is 5.92 Å². The number of rotatable bonds is 4. The lowest BCUT2D eigenvalue weighted by Crippen LogP contribution is -2.30. The van der Waals surface area contributed by atoms with Gasteiger partial charge in [-0.2, -0.15) is 9.97 Å². The number of nitrogens with zero attached hydrogens (tertiary/aromatic N) is 2. The molecule has 0 unspecified atom stereocenters. The smallest absolute Gasteiger partial charge is 0.316 e. The third-order valence-corrected chi connectivity index (χ3v) is 2.75. The molecule has 0 radical (unpaired) electrons. The Morgan fingerprint density at radius 2 is 2.00 bits per heavy atom. The van der Waals surface area contributed by atoms with Crippen molar-refractivity contribution in [3.63, 3.8) is 0 Å². The maximum Gasteiger partial charge on any atom is 0.316 e. The first-order chi connectivity index (χ1) is 7.88. The zero-order valence-corrected chi connectivity index (χ0v) is 9.48. The van der Waals surface area contributed by atoms with Crippen molar-refractivity contribution >= 4 is 0 Å². The summed E-state index contributed by atoms with van der Waals surface area (Å²) in [5.41, 5.74) is 0. The lowest BCUT2D eigenvalue weighted by Gasteiger charge is -2.21. The molecule has 1 fully saturated rings. The van der Waals surface area contributed by atoms with Gasteiger partial charge >= 0.3 is 6.01 Å². The molecule has 0 amide bonds. The molecule has 0 aromatic carbocycles. The van der Waals surface area contributed by atoms with Gasteiger partial charge in [0.25, 0.3) is 0 Å². The lowest BCUT2D eigenvalue weighted by atomic mass is 9.99. The average molecular weight is 223 g/mol. The van der Waals surface area contributed by atoms with E-state index >= 15 is 0 Å².